The summed E-state index contributed by atoms with van der Waals surface area (Å²) >= 11 is 0. The summed E-state index contributed by atoms with van der Waals surface area (Å²) < 4.78 is 56.7. The molecule has 0 saturated heterocycles. The fourth-order valence-electron chi connectivity index (χ4n) is 5.74. The van der Waals surface area contributed by atoms with Crippen molar-refractivity contribution >= 4 is 35.0 Å². The molecule has 3 aromatic carbocycles. The quantitative estimate of drug-likeness (QED) is 0.190. The summed E-state index contributed by atoms with van der Waals surface area (Å²) in [5.41, 5.74) is 0.436. The number of nitrogens with zero attached hydrogens (tertiary/aromatic N) is 2. The van der Waals surface area contributed by atoms with Gasteiger partial charge in [-0.25, -0.2) is 9.59 Å². The summed E-state index contributed by atoms with van der Waals surface area (Å²) in [7, 11) is 3.10. The van der Waals surface area contributed by atoms with E-state index in [1.165, 1.54) is 21.9 Å². The molecule has 53 heavy (non-hydrogen) atoms. The third-order valence-corrected chi connectivity index (χ3v) is 8.92. The van der Waals surface area contributed by atoms with E-state index in [4.69, 9.17) is 14.2 Å². The van der Waals surface area contributed by atoms with E-state index < -0.39 is 41.9 Å². The lowest BCUT2D eigenvalue weighted by Gasteiger charge is -2.35. The number of carbonyl (C=O) groups is 3. The van der Waals surface area contributed by atoms with Gasteiger partial charge in [0.1, 0.15) is 11.5 Å². The molecule has 0 aliphatic carbocycles. The second kappa shape index (κ2) is 18.6. The Morgan fingerprint density at radius 2 is 1.60 bits per heavy atom. The maximum Gasteiger partial charge on any atom is 0.416 e. The first kappa shape index (κ1) is 40.7. The smallest absolute Gasteiger partial charge is 0.416 e. The predicted octanol–water partition coefficient (Wildman–Crippen LogP) is 7.32. The van der Waals surface area contributed by atoms with E-state index in [1.54, 1.807) is 63.5 Å². The number of nitrogens with one attached hydrogen (secondary N) is 3. The number of aliphatic hydroxyl groups is 1. The first-order chi connectivity index (χ1) is 25.2. The Hall–Kier alpha value is -5.02. The van der Waals surface area contributed by atoms with Crippen LogP contribution in [0, 0.1) is 5.92 Å². The fraction of sp³-hybridized carbons (Fsp3) is 0.447. The Labute approximate surface area is 307 Å². The molecule has 15 heteroatoms. The van der Waals surface area contributed by atoms with E-state index in [0.717, 1.165) is 18.6 Å². The molecule has 4 rings (SSSR count). The van der Waals surface area contributed by atoms with E-state index in [-0.39, 0.29) is 43.0 Å². The van der Waals surface area contributed by atoms with Crippen LogP contribution in [-0.4, -0.2) is 91.6 Å². The zero-order valence-corrected chi connectivity index (χ0v) is 30.5. The lowest BCUT2D eigenvalue weighted by Crippen LogP contribution is -2.48. The number of methoxy groups -OCH3 is 1. The van der Waals surface area contributed by atoms with Crippen molar-refractivity contribution in [1.82, 2.24) is 9.80 Å². The molecule has 0 unspecified atom stereocenters. The topological polar surface area (TPSA) is 142 Å². The number of aliphatic hydroxyl groups excluding tert-OH is 1. The average Bonchev–Trinajstić information content (AvgIpc) is 3.12. The van der Waals surface area contributed by atoms with Crippen LogP contribution in [-0.2, 0) is 10.9 Å². The van der Waals surface area contributed by atoms with E-state index >= 15 is 0 Å². The van der Waals surface area contributed by atoms with Crippen molar-refractivity contribution in [3.05, 3.63) is 77.9 Å². The van der Waals surface area contributed by atoms with Crippen molar-refractivity contribution in [2.24, 2.45) is 5.92 Å². The number of alkyl halides is 3. The molecule has 4 atom stereocenters. The Balaban J connectivity index is 1.54. The third kappa shape index (κ3) is 11.7. The molecule has 3 aromatic rings. The monoisotopic (exact) mass is 743 g/mol. The largest absolute Gasteiger partial charge is 0.497 e. The first-order valence-electron chi connectivity index (χ1n) is 17.4. The van der Waals surface area contributed by atoms with Crippen LogP contribution in [0.2, 0.25) is 0 Å². The normalized spacial score (nSPS) is 19.2. The zero-order valence-electron chi connectivity index (χ0n) is 30.5. The van der Waals surface area contributed by atoms with Gasteiger partial charge in [-0.05, 0) is 99.8 Å². The van der Waals surface area contributed by atoms with Crippen molar-refractivity contribution in [2.45, 2.75) is 64.5 Å². The lowest BCUT2D eigenvalue weighted by atomic mass is 10.0. The number of fused-ring (bicyclic) bond motifs is 1. The van der Waals surface area contributed by atoms with Gasteiger partial charge in [-0.2, -0.15) is 13.2 Å². The Morgan fingerprint density at radius 1 is 0.981 bits per heavy atom. The number of ether oxygens (including phenoxy) is 3. The maximum absolute atomic E-state index is 14.4. The van der Waals surface area contributed by atoms with Crippen molar-refractivity contribution in [3.8, 4) is 11.5 Å². The average molecular weight is 744 g/mol. The molecule has 1 aliphatic heterocycles. The van der Waals surface area contributed by atoms with Crippen LogP contribution in [0.5, 0.6) is 11.5 Å². The number of likely N-dealkylation sites (N-methyl/N-ethyl adjacent to an activating group) is 1. The number of benzene rings is 3. The first-order valence-corrected chi connectivity index (χ1v) is 17.4. The number of urea groups is 2. The van der Waals surface area contributed by atoms with Gasteiger partial charge in [-0.1, -0.05) is 6.92 Å². The molecule has 5 amide bonds. The Bertz CT molecular complexity index is 1670. The molecule has 1 aliphatic rings. The zero-order chi connectivity index (χ0) is 38.7. The maximum atomic E-state index is 14.4. The van der Waals surface area contributed by atoms with Gasteiger partial charge in [0.25, 0.3) is 5.91 Å². The Morgan fingerprint density at radius 3 is 2.25 bits per heavy atom. The standard InChI is InChI=1S/C38H48F3N5O7/c1-24-21-46(25(2)23-47)35(48)32-20-30(43-36(49)42-28-13-16-31(51-5)17-14-28)15-18-33(32)53-26(3)8-6-7-19-52-34(24)22-45(4)37(50)44-29-11-9-27(10-12-29)38(39,40)41/h9-18,20,24-26,34,47H,6-8,19,21-23H2,1-5H3,(H,44,50)(H2,42,43,49)/t24-,25-,26-,34-/m0/s1. The van der Waals surface area contributed by atoms with Crippen LogP contribution in [0.1, 0.15) is 56.0 Å². The van der Waals surface area contributed by atoms with Crippen molar-refractivity contribution in [2.75, 3.05) is 56.4 Å². The summed E-state index contributed by atoms with van der Waals surface area (Å²) in [6.07, 6.45) is -3.19. The molecular weight excluding hydrogens is 695 g/mol. The predicted molar refractivity (Wildman–Crippen MR) is 196 cm³/mol. The number of amides is 5. The molecule has 288 valence electrons. The van der Waals surface area contributed by atoms with Gasteiger partial charge in [0, 0.05) is 49.7 Å². The molecule has 0 aromatic heterocycles. The number of hydrogen-bond acceptors (Lipinski definition) is 7. The van der Waals surface area contributed by atoms with Gasteiger partial charge in [-0.3, -0.25) is 4.79 Å². The number of rotatable bonds is 8. The van der Waals surface area contributed by atoms with Gasteiger partial charge >= 0.3 is 18.2 Å². The van der Waals surface area contributed by atoms with Gasteiger partial charge in [0.2, 0.25) is 0 Å². The minimum atomic E-state index is -4.50. The third-order valence-electron chi connectivity index (χ3n) is 8.92. The molecule has 4 N–H and O–H groups in total. The van der Waals surface area contributed by atoms with Gasteiger partial charge in [0.05, 0.1) is 43.1 Å². The van der Waals surface area contributed by atoms with Crippen LogP contribution in [0.15, 0.2) is 66.7 Å². The second-order valence-electron chi connectivity index (χ2n) is 13.2. The highest BCUT2D eigenvalue weighted by molar-refractivity contribution is 6.02. The Kier molecular flexibility index (Phi) is 14.3. The summed E-state index contributed by atoms with van der Waals surface area (Å²) in [5.74, 6) is 0.176. The molecule has 12 nitrogen and oxygen atoms in total. The molecule has 0 radical (unpaired) electrons. The second-order valence-corrected chi connectivity index (χ2v) is 13.2. The number of carbonyl (C=O) groups excluding carboxylic acids is 3. The number of anilines is 3. The molecule has 0 saturated carbocycles. The highest BCUT2D eigenvalue weighted by atomic mass is 19.4. The van der Waals surface area contributed by atoms with Crippen LogP contribution in [0.25, 0.3) is 0 Å². The molecule has 0 spiro atoms. The van der Waals surface area contributed by atoms with E-state index in [9.17, 15) is 32.7 Å². The van der Waals surface area contributed by atoms with E-state index in [0.29, 0.717) is 42.3 Å². The molecule has 1 heterocycles. The van der Waals surface area contributed by atoms with Gasteiger partial charge < -0.3 is 45.1 Å². The van der Waals surface area contributed by atoms with Crippen LogP contribution in [0.4, 0.5) is 39.8 Å². The summed E-state index contributed by atoms with van der Waals surface area (Å²) in [5, 5.41) is 18.4. The van der Waals surface area contributed by atoms with Gasteiger partial charge in [0.15, 0.2) is 0 Å². The lowest BCUT2D eigenvalue weighted by molar-refractivity contribution is -0.137. The van der Waals surface area contributed by atoms with Crippen molar-refractivity contribution in [3.63, 3.8) is 0 Å². The minimum absolute atomic E-state index is 0.108. The molecular formula is C38H48F3N5O7. The van der Waals surface area contributed by atoms with Crippen LogP contribution >= 0.6 is 0 Å². The highest BCUT2D eigenvalue weighted by Gasteiger charge is 2.32. The number of hydrogen-bond donors (Lipinski definition) is 4. The van der Waals surface area contributed by atoms with Crippen molar-refractivity contribution in [1.29, 1.82) is 0 Å². The number of halogens is 3. The summed E-state index contributed by atoms with van der Waals surface area (Å²) in [6, 6.07) is 14.1. The van der Waals surface area contributed by atoms with E-state index in [2.05, 4.69) is 16.0 Å². The fourth-order valence-corrected chi connectivity index (χ4v) is 5.74. The SMILES string of the molecule is COc1ccc(NC(=O)Nc2ccc3c(c2)C(=O)N([C@@H](C)CO)C[C@H](C)[C@H](CN(C)C(=O)Nc2ccc(C(F)(F)F)cc2)OCCCC[C@H](C)O3)cc1. The van der Waals surface area contributed by atoms with Crippen molar-refractivity contribution < 1.29 is 46.9 Å². The molecule has 0 bridgehead atoms. The summed E-state index contributed by atoms with van der Waals surface area (Å²) in [6.45, 7) is 5.77. The van der Waals surface area contributed by atoms with E-state index in [1.807, 2.05) is 13.8 Å². The highest BCUT2D eigenvalue weighted by Crippen LogP contribution is 2.31. The molecule has 0 fully saturated rings. The van der Waals surface area contributed by atoms with Crippen LogP contribution in [0.3, 0.4) is 0 Å². The summed E-state index contributed by atoms with van der Waals surface area (Å²) in [4.78, 5) is 43.3. The van der Waals surface area contributed by atoms with Crippen LogP contribution < -0.4 is 25.4 Å². The van der Waals surface area contributed by atoms with Gasteiger partial charge in [-0.15, -0.1) is 0 Å². The minimum Gasteiger partial charge on any atom is -0.497 e.